The average molecular weight is 390 g/mol. The summed E-state index contributed by atoms with van der Waals surface area (Å²) in [6, 6.07) is 12.3. The zero-order valence-corrected chi connectivity index (χ0v) is 16.7. The van der Waals surface area contributed by atoms with E-state index in [1.165, 1.54) is 12.8 Å². The molecule has 0 atom stereocenters. The van der Waals surface area contributed by atoms with Crippen molar-refractivity contribution in [1.29, 1.82) is 0 Å². The van der Waals surface area contributed by atoms with Crippen molar-refractivity contribution in [3.63, 3.8) is 0 Å². The number of para-hydroxylation sites is 1. The lowest BCUT2D eigenvalue weighted by molar-refractivity contribution is 0.0602. The summed E-state index contributed by atoms with van der Waals surface area (Å²) in [5.74, 6) is -0.333. The molecule has 26 heavy (non-hydrogen) atoms. The predicted molar refractivity (Wildman–Crippen MR) is 111 cm³/mol. The van der Waals surface area contributed by atoms with Crippen LogP contribution in [0.3, 0.4) is 0 Å². The topological polar surface area (TPSA) is 44.8 Å². The van der Waals surface area contributed by atoms with E-state index in [0.29, 0.717) is 10.7 Å². The minimum atomic E-state index is -0.333. The molecule has 0 amide bonds. The second-order valence-electron chi connectivity index (χ2n) is 6.04. The van der Waals surface area contributed by atoms with Crippen LogP contribution in [0.5, 0.6) is 0 Å². The highest BCUT2D eigenvalue weighted by Crippen LogP contribution is 2.29. The van der Waals surface area contributed by atoms with E-state index in [4.69, 9.17) is 17.0 Å². The first kappa shape index (κ1) is 18.7. The molecule has 5 nitrogen and oxygen atoms in total. The average Bonchev–Trinajstić information content (AvgIpc) is 3.11. The number of thiophene rings is 1. The largest absolute Gasteiger partial charge is 0.465 e. The van der Waals surface area contributed by atoms with Crippen LogP contribution in [0.4, 0.5) is 10.7 Å². The molecule has 1 aromatic heterocycles. The number of anilines is 2. The maximum absolute atomic E-state index is 12.0. The standard InChI is InChI=1S/C19H23N3O2S2/c1-3-15-13-16(18(23)24-2)17(26-15)20-19(25)22-11-9-21(10-12-22)14-7-5-4-6-8-14/h4-8,13H,3,9-12H2,1-2H3,(H,20,25). The van der Waals surface area contributed by atoms with E-state index in [1.807, 2.05) is 12.1 Å². The van der Waals surface area contributed by atoms with Gasteiger partial charge in [-0.2, -0.15) is 0 Å². The molecule has 0 unspecified atom stereocenters. The number of esters is 1. The number of rotatable bonds is 4. The fourth-order valence-corrected chi connectivity index (χ4v) is 4.29. The maximum atomic E-state index is 12.0. The molecular weight excluding hydrogens is 366 g/mol. The van der Waals surface area contributed by atoms with Gasteiger partial charge in [0.1, 0.15) is 5.00 Å². The van der Waals surface area contributed by atoms with Gasteiger partial charge in [-0.05, 0) is 36.8 Å². The molecule has 3 rings (SSSR count). The van der Waals surface area contributed by atoms with Crippen LogP contribution in [-0.4, -0.2) is 49.3 Å². The lowest BCUT2D eigenvalue weighted by atomic mass is 10.2. The Morgan fingerprint density at radius 1 is 1.23 bits per heavy atom. The van der Waals surface area contributed by atoms with E-state index in [1.54, 1.807) is 11.3 Å². The van der Waals surface area contributed by atoms with E-state index in [2.05, 4.69) is 46.3 Å². The summed E-state index contributed by atoms with van der Waals surface area (Å²) in [6.45, 7) is 5.60. The highest BCUT2D eigenvalue weighted by atomic mass is 32.1. The third kappa shape index (κ3) is 4.16. The monoisotopic (exact) mass is 389 g/mol. The SMILES string of the molecule is CCc1cc(C(=O)OC)c(NC(=S)N2CCN(c3ccccc3)CC2)s1. The van der Waals surface area contributed by atoms with Crippen LogP contribution < -0.4 is 10.2 Å². The van der Waals surface area contributed by atoms with Crippen LogP contribution in [0.25, 0.3) is 0 Å². The molecule has 1 aliphatic heterocycles. The summed E-state index contributed by atoms with van der Waals surface area (Å²) in [7, 11) is 1.40. The van der Waals surface area contributed by atoms with E-state index >= 15 is 0 Å². The second-order valence-corrected chi connectivity index (χ2v) is 7.56. The van der Waals surface area contributed by atoms with E-state index in [9.17, 15) is 4.79 Å². The van der Waals surface area contributed by atoms with Gasteiger partial charge in [0.25, 0.3) is 0 Å². The molecular formula is C19H23N3O2S2. The van der Waals surface area contributed by atoms with E-state index < -0.39 is 0 Å². The van der Waals surface area contributed by atoms with E-state index in [-0.39, 0.29) is 5.97 Å². The molecule has 138 valence electrons. The van der Waals surface area contributed by atoms with Gasteiger partial charge in [0, 0.05) is 36.7 Å². The number of nitrogens with zero attached hydrogens (tertiary/aromatic N) is 2. The first-order chi connectivity index (χ1) is 12.6. The summed E-state index contributed by atoms with van der Waals surface area (Å²) in [6.07, 6.45) is 0.874. The molecule has 1 aliphatic rings. The molecule has 0 radical (unpaired) electrons. The zero-order chi connectivity index (χ0) is 18.5. The third-order valence-corrected chi connectivity index (χ3v) is 6.00. The highest BCUT2D eigenvalue weighted by molar-refractivity contribution is 7.80. The number of hydrogen-bond donors (Lipinski definition) is 1. The molecule has 0 aliphatic carbocycles. The molecule has 0 spiro atoms. The lowest BCUT2D eigenvalue weighted by Gasteiger charge is -2.37. The third-order valence-electron chi connectivity index (χ3n) is 4.45. The maximum Gasteiger partial charge on any atom is 0.340 e. The molecule has 7 heteroatoms. The van der Waals surface area contributed by atoms with Gasteiger partial charge in [-0.1, -0.05) is 25.1 Å². The summed E-state index contributed by atoms with van der Waals surface area (Å²) < 4.78 is 4.89. The number of carbonyl (C=O) groups excluding carboxylic acids is 1. The number of carbonyl (C=O) groups is 1. The summed E-state index contributed by atoms with van der Waals surface area (Å²) in [5, 5.41) is 4.69. The molecule has 1 N–H and O–H groups in total. The molecule has 0 saturated carbocycles. The Morgan fingerprint density at radius 3 is 2.54 bits per heavy atom. The Morgan fingerprint density at radius 2 is 1.92 bits per heavy atom. The van der Waals surface area contributed by atoms with Crippen molar-refractivity contribution in [2.45, 2.75) is 13.3 Å². The van der Waals surface area contributed by atoms with Crippen molar-refractivity contribution in [2.75, 3.05) is 43.5 Å². The number of thiocarbonyl (C=S) groups is 1. The van der Waals surface area contributed by atoms with E-state index in [0.717, 1.165) is 42.5 Å². The second kappa shape index (κ2) is 8.51. The predicted octanol–water partition coefficient (Wildman–Crippen LogP) is 3.62. The Kier molecular flexibility index (Phi) is 6.11. The van der Waals surface area contributed by atoms with Crippen LogP contribution in [0, 0.1) is 0 Å². The summed E-state index contributed by atoms with van der Waals surface area (Å²) in [4.78, 5) is 17.6. The van der Waals surface area contributed by atoms with Gasteiger partial charge in [-0.3, -0.25) is 0 Å². The van der Waals surface area contributed by atoms with Crippen molar-refractivity contribution in [3.05, 3.63) is 46.8 Å². The minimum absolute atomic E-state index is 0.333. The van der Waals surface area contributed by atoms with Crippen LogP contribution in [-0.2, 0) is 11.2 Å². The first-order valence-corrected chi connectivity index (χ1v) is 9.91. The van der Waals surface area contributed by atoms with Crippen molar-refractivity contribution in [2.24, 2.45) is 0 Å². The van der Waals surface area contributed by atoms with Gasteiger partial charge in [-0.25, -0.2) is 4.79 Å². The number of methoxy groups -OCH3 is 1. The summed E-state index contributed by atoms with van der Waals surface area (Å²) in [5.41, 5.74) is 1.80. The number of ether oxygens (including phenoxy) is 1. The summed E-state index contributed by atoms with van der Waals surface area (Å²) >= 11 is 7.15. The van der Waals surface area contributed by atoms with Gasteiger partial charge in [0.15, 0.2) is 5.11 Å². The van der Waals surface area contributed by atoms with Crippen molar-refractivity contribution < 1.29 is 9.53 Å². The van der Waals surface area contributed by atoms with Crippen molar-refractivity contribution in [3.8, 4) is 0 Å². The minimum Gasteiger partial charge on any atom is -0.465 e. The number of piperazine rings is 1. The van der Waals surface area contributed by atoms with Crippen molar-refractivity contribution in [1.82, 2.24) is 4.90 Å². The Hall–Kier alpha value is -2.12. The number of hydrogen-bond acceptors (Lipinski definition) is 5. The molecule has 1 saturated heterocycles. The smallest absolute Gasteiger partial charge is 0.340 e. The Labute approximate surface area is 163 Å². The van der Waals surface area contributed by atoms with Crippen LogP contribution in [0.1, 0.15) is 22.2 Å². The first-order valence-electron chi connectivity index (χ1n) is 8.69. The number of aryl methyl sites for hydroxylation is 1. The highest BCUT2D eigenvalue weighted by Gasteiger charge is 2.22. The molecule has 2 aromatic rings. The number of benzene rings is 1. The molecule has 1 aromatic carbocycles. The fraction of sp³-hybridized carbons (Fsp3) is 0.368. The van der Waals surface area contributed by atoms with Crippen LogP contribution in [0.2, 0.25) is 0 Å². The van der Waals surface area contributed by atoms with Gasteiger partial charge in [-0.15, -0.1) is 11.3 Å². The van der Waals surface area contributed by atoms with Gasteiger partial charge in [0.2, 0.25) is 0 Å². The quantitative estimate of drug-likeness (QED) is 0.637. The van der Waals surface area contributed by atoms with Gasteiger partial charge >= 0.3 is 5.97 Å². The molecule has 1 fully saturated rings. The molecule has 2 heterocycles. The van der Waals surface area contributed by atoms with Crippen molar-refractivity contribution >= 4 is 45.3 Å². The lowest BCUT2D eigenvalue weighted by Crippen LogP contribution is -2.50. The Bertz CT molecular complexity index is 768. The van der Waals surface area contributed by atoms with Gasteiger partial charge < -0.3 is 19.9 Å². The van der Waals surface area contributed by atoms with Crippen LogP contribution in [0.15, 0.2) is 36.4 Å². The number of nitrogens with one attached hydrogen (secondary N) is 1. The Balaban J connectivity index is 1.63. The van der Waals surface area contributed by atoms with Crippen LogP contribution >= 0.6 is 23.6 Å². The van der Waals surface area contributed by atoms with Gasteiger partial charge in [0.05, 0.1) is 12.7 Å². The molecule has 0 bridgehead atoms. The fourth-order valence-electron chi connectivity index (χ4n) is 2.95. The zero-order valence-electron chi connectivity index (χ0n) is 15.0. The normalized spacial score (nSPS) is 14.2.